The Bertz CT molecular complexity index is 1030. The second-order valence-corrected chi connectivity index (χ2v) is 8.54. The molecule has 0 atom stereocenters. The molecule has 0 bridgehead atoms. The van der Waals surface area contributed by atoms with Crippen molar-refractivity contribution in [3.05, 3.63) is 81.8 Å². The van der Waals surface area contributed by atoms with Gasteiger partial charge in [0.2, 0.25) is 5.91 Å². The number of aryl methyl sites for hydroxylation is 1. The maximum atomic E-state index is 12.8. The van der Waals surface area contributed by atoms with Crippen LogP contribution < -0.4 is 5.32 Å². The monoisotopic (exact) mass is 422 g/mol. The van der Waals surface area contributed by atoms with Gasteiger partial charge >= 0.3 is 0 Å². The van der Waals surface area contributed by atoms with Crippen LogP contribution in [0.25, 0.3) is 6.08 Å². The first kappa shape index (κ1) is 21.0. The highest BCUT2D eigenvalue weighted by Gasteiger charge is 2.33. The molecular weight excluding hydrogens is 400 g/mol. The Kier molecular flexibility index (Phi) is 6.67. The molecule has 1 saturated heterocycles. The highest BCUT2D eigenvalue weighted by atomic mass is 32.2. The van der Waals surface area contributed by atoms with Gasteiger partial charge in [0, 0.05) is 5.69 Å². The molecule has 6 heteroatoms. The predicted molar refractivity (Wildman–Crippen MR) is 125 cm³/mol. The van der Waals surface area contributed by atoms with Gasteiger partial charge in [0.1, 0.15) is 10.9 Å². The van der Waals surface area contributed by atoms with Crippen molar-refractivity contribution in [3.8, 4) is 0 Å². The number of thiocarbonyl (C=S) groups is 1. The van der Waals surface area contributed by atoms with Crippen LogP contribution in [0.1, 0.15) is 23.6 Å². The standard InChI is InChI=1S/C23H22N2O2S2/c1-15(12-18-9-5-4-6-10-18)13-20-22(27)25(23(28)29-20)14-21(26)24-19-11-7-8-16(2)17(19)3/h4-13H,14H2,1-3H3,(H,24,26). The molecule has 1 heterocycles. The Balaban J connectivity index is 1.69. The second kappa shape index (κ2) is 9.20. The molecule has 2 aromatic rings. The molecule has 3 rings (SSSR count). The first-order valence-corrected chi connectivity index (χ1v) is 10.4. The van der Waals surface area contributed by atoms with Crippen molar-refractivity contribution in [1.29, 1.82) is 0 Å². The van der Waals surface area contributed by atoms with Gasteiger partial charge in [-0.3, -0.25) is 14.5 Å². The third-order valence-corrected chi connectivity index (χ3v) is 5.98. The number of thioether (sulfide) groups is 1. The molecule has 2 aromatic carbocycles. The smallest absolute Gasteiger partial charge is 0.266 e. The molecule has 0 radical (unpaired) electrons. The van der Waals surface area contributed by atoms with Gasteiger partial charge in [-0.15, -0.1) is 0 Å². The molecule has 29 heavy (non-hydrogen) atoms. The summed E-state index contributed by atoms with van der Waals surface area (Å²) in [6.07, 6.45) is 3.81. The summed E-state index contributed by atoms with van der Waals surface area (Å²) in [5, 5.41) is 2.87. The molecule has 0 aliphatic carbocycles. The fraction of sp³-hybridized carbons (Fsp3) is 0.174. The lowest BCUT2D eigenvalue weighted by Gasteiger charge is -2.15. The zero-order valence-electron chi connectivity index (χ0n) is 16.6. The Morgan fingerprint density at radius 2 is 1.86 bits per heavy atom. The van der Waals surface area contributed by atoms with Crippen LogP contribution >= 0.6 is 24.0 Å². The zero-order valence-corrected chi connectivity index (χ0v) is 18.2. The van der Waals surface area contributed by atoms with E-state index < -0.39 is 0 Å². The highest BCUT2D eigenvalue weighted by molar-refractivity contribution is 8.26. The molecular formula is C23H22N2O2S2. The summed E-state index contributed by atoms with van der Waals surface area (Å²) in [6, 6.07) is 15.6. The van der Waals surface area contributed by atoms with Crippen molar-refractivity contribution in [3.63, 3.8) is 0 Å². The van der Waals surface area contributed by atoms with Crippen molar-refractivity contribution in [2.45, 2.75) is 20.8 Å². The number of benzene rings is 2. The number of carbonyl (C=O) groups is 2. The SMILES string of the molecule is CC(=Cc1ccccc1)C=C1SC(=S)N(CC(=O)Nc2cccc(C)c2C)C1=O. The van der Waals surface area contributed by atoms with Gasteiger partial charge in [0.05, 0.1) is 4.91 Å². The molecule has 0 unspecified atom stereocenters. The van der Waals surface area contributed by atoms with E-state index in [0.717, 1.165) is 28.0 Å². The van der Waals surface area contributed by atoms with E-state index in [9.17, 15) is 9.59 Å². The molecule has 0 aromatic heterocycles. The van der Waals surface area contributed by atoms with E-state index in [1.54, 1.807) is 0 Å². The van der Waals surface area contributed by atoms with E-state index in [0.29, 0.717) is 9.23 Å². The molecule has 0 saturated carbocycles. The van der Waals surface area contributed by atoms with Crippen LogP contribution in [0.2, 0.25) is 0 Å². The van der Waals surface area contributed by atoms with Crippen molar-refractivity contribution in [2.75, 3.05) is 11.9 Å². The molecule has 1 aliphatic rings. The van der Waals surface area contributed by atoms with E-state index in [2.05, 4.69) is 5.32 Å². The van der Waals surface area contributed by atoms with Crippen LogP contribution in [0.3, 0.4) is 0 Å². The molecule has 1 aliphatic heterocycles. The van der Waals surface area contributed by atoms with E-state index in [1.165, 1.54) is 16.7 Å². The second-order valence-electron chi connectivity index (χ2n) is 6.86. The van der Waals surface area contributed by atoms with Crippen LogP contribution in [0.15, 0.2) is 65.1 Å². The summed E-state index contributed by atoms with van der Waals surface area (Å²) in [5.74, 6) is -0.510. The lowest BCUT2D eigenvalue weighted by Crippen LogP contribution is -2.36. The molecule has 148 valence electrons. The van der Waals surface area contributed by atoms with Crippen molar-refractivity contribution in [2.24, 2.45) is 0 Å². The Hall–Kier alpha value is -2.70. The first-order valence-electron chi connectivity index (χ1n) is 9.20. The number of hydrogen-bond acceptors (Lipinski definition) is 4. The third kappa shape index (κ3) is 5.22. The van der Waals surface area contributed by atoms with Gasteiger partial charge < -0.3 is 5.32 Å². The van der Waals surface area contributed by atoms with Crippen LogP contribution in [0.5, 0.6) is 0 Å². The maximum Gasteiger partial charge on any atom is 0.266 e. The summed E-state index contributed by atoms with van der Waals surface area (Å²) in [6.45, 7) is 5.78. The predicted octanol–water partition coefficient (Wildman–Crippen LogP) is 5.09. The largest absolute Gasteiger partial charge is 0.324 e. The Morgan fingerprint density at radius 1 is 1.14 bits per heavy atom. The van der Waals surface area contributed by atoms with Crippen LogP contribution in [-0.4, -0.2) is 27.6 Å². The topological polar surface area (TPSA) is 49.4 Å². The number of hydrogen-bond donors (Lipinski definition) is 1. The zero-order chi connectivity index (χ0) is 21.0. The third-order valence-electron chi connectivity index (χ3n) is 4.61. The van der Waals surface area contributed by atoms with Gasteiger partial charge in [-0.2, -0.15) is 0 Å². The molecule has 1 fully saturated rings. The summed E-state index contributed by atoms with van der Waals surface area (Å²) in [4.78, 5) is 27.1. The molecule has 4 nitrogen and oxygen atoms in total. The summed E-state index contributed by atoms with van der Waals surface area (Å²) in [5.41, 5.74) is 4.85. The molecule has 2 amide bonds. The van der Waals surface area contributed by atoms with Gasteiger partial charge in [-0.25, -0.2) is 0 Å². The average Bonchev–Trinajstić information content (AvgIpc) is 2.93. The molecule has 0 spiro atoms. The lowest BCUT2D eigenvalue weighted by atomic mass is 10.1. The van der Waals surface area contributed by atoms with Crippen LogP contribution in [0.4, 0.5) is 5.69 Å². The van der Waals surface area contributed by atoms with Crippen molar-refractivity contribution < 1.29 is 9.59 Å². The van der Waals surface area contributed by atoms with Gasteiger partial charge in [0.15, 0.2) is 0 Å². The minimum absolute atomic E-state index is 0.100. The highest BCUT2D eigenvalue weighted by Crippen LogP contribution is 2.32. The first-order chi connectivity index (χ1) is 13.8. The van der Waals surface area contributed by atoms with Gasteiger partial charge in [-0.1, -0.05) is 72.5 Å². The minimum atomic E-state index is -0.271. The fourth-order valence-corrected chi connectivity index (χ4v) is 4.22. The van der Waals surface area contributed by atoms with E-state index in [4.69, 9.17) is 12.2 Å². The van der Waals surface area contributed by atoms with Gasteiger partial charge in [-0.05, 0) is 55.2 Å². The number of nitrogens with one attached hydrogen (secondary N) is 1. The van der Waals surface area contributed by atoms with Crippen molar-refractivity contribution in [1.82, 2.24) is 4.90 Å². The minimum Gasteiger partial charge on any atom is -0.324 e. The number of rotatable bonds is 5. The quantitative estimate of drug-likeness (QED) is 0.539. The number of allylic oxidation sites excluding steroid dienone is 2. The van der Waals surface area contributed by atoms with E-state index in [1.807, 2.05) is 81.5 Å². The number of amides is 2. The normalized spacial score (nSPS) is 15.9. The lowest BCUT2D eigenvalue weighted by molar-refractivity contribution is -0.126. The Labute approximate surface area is 180 Å². The number of anilines is 1. The average molecular weight is 423 g/mol. The molecule has 1 N–H and O–H groups in total. The number of carbonyl (C=O) groups excluding carboxylic acids is 2. The fourth-order valence-electron chi connectivity index (χ4n) is 2.92. The van der Waals surface area contributed by atoms with E-state index >= 15 is 0 Å². The number of nitrogens with zero attached hydrogens (tertiary/aromatic N) is 1. The summed E-state index contributed by atoms with van der Waals surface area (Å²) < 4.78 is 0.393. The van der Waals surface area contributed by atoms with Crippen molar-refractivity contribution >= 4 is 51.9 Å². The van der Waals surface area contributed by atoms with Crippen LogP contribution in [-0.2, 0) is 9.59 Å². The summed E-state index contributed by atoms with van der Waals surface area (Å²) >= 11 is 6.56. The Morgan fingerprint density at radius 3 is 2.59 bits per heavy atom. The van der Waals surface area contributed by atoms with E-state index in [-0.39, 0.29) is 18.4 Å². The maximum absolute atomic E-state index is 12.8. The summed E-state index contributed by atoms with van der Waals surface area (Å²) in [7, 11) is 0. The van der Waals surface area contributed by atoms with Crippen LogP contribution in [0, 0.1) is 13.8 Å². The van der Waals surface area contributed by atoms with Gasteiger partial charge in [0.25, 0.3) is 5.91 Å².